The Labute approximate surface area is 53.5 Å². The first-order valence-corrected chi connectivity index (χ1v) is 3.05. The molecular weight excluding hydrogens is 96.9 g/mol. The van der Waals surface area contributed by atoms with Gasteiger partial charge in [-0.1, -0.05) is 13.8 Å². The van der Waals surface area contributed by atoms with E-state index in [9.17, 15) is 0 Å². The summed E-state index contributed by atoms with van der Waals surface area (Å²) in [7, 11) is 0.496. The Balaban J connectivity index is 2.92. The molecule has 0 aliphatic rings. The van der Waals surface area contributed by atoms with Gasteiger partial charge in [-0.2, -0.15) is 0 Å². The molecule has 0 aromatic rings. The third kappa shape index (κ3) is 4.19. The molecular formula is C6H17BN-. The van der Waals surface area contributed by atoms with Gasteiger partial charge in [0, 0.05) is 7.98 Å². The Morgan fingerprint density at radius 2 is 1.50 bits per heavy atom. The standard InChI is InChI=1S/C6H17BN/c1-3-5-8(7)6-4-2/h3-6H2,1-2,7H3/q-1. The van der Waals surface area contributed by atoms with Crippen molar-refractivity contribution in [3.05, 3.63) is 0 Å². The lowest BCUT2D eigenvalue weighted by molar-refractivity contribution is 0.450. The maximum Gasteiger partial charge on any atom is 0.0145 e. The van der Waals surface area contributed by atoms with E-state index in [1.54, 1.807) is 0 Å². The van der Waals surface area contributed by atoms with Crippen LogP contribution in [0.5, 0.6) is 0 Å². The molecule has 0 heterocycles. The van der Waals surface area contributed by atoms with Crippen molar-refractivity contribution < 1.29 is 0 Å². The van der Waals surface area contributed by atoms with E-state index in [1.165, 1.54) is 25.9 Å². The summed E-state index contributed by atoms with van der Waals surface area (Å²) in [6.07, 6.45) is 2.67. The second-order valence-electron chi connectivity index (χ2n) is 1.67. The molecule has 0 radical (unpaired) electrons. The highest BCUT2D eigenvalue weighted by molar-refractivity contribution is 6.04. The van der Waals surface area contributed by atoms with Gasteiger partial charge in [0.2, 0.25) is 0 Å². The average Bonchev–Trinajstić information content (AvgIpc) is 1.68. The van der Waals surface area contributed by atoms with E-state index in [0.29, 0.717) is 7.98 Å². The molecule has 0 unspecified atom stereocenters. The summed E-state index contributed by atoms with van der Waals surface area (Å²) in [5.41, 5.74) is 0. The van der Waals surface area contributed by atoms with E-state index < -0.39 is 0 Å². The molecule has 2 heteroatoms. The van der Waals surface area contributed by atoms with Crippen LogP contribution in [-0.4, -0.2) is 25.9 Å². The van der Waals surface area contributed by atoms with Gasteiger partial charge in [-0.25, -0.2) is 0 Å². The van der Waals surface area contributed by atoms with Gasteiger partial charge >= 0.3 is 0 Å². The van der Waals surface area contributed by atoms with Crippen LogP contribution < -0.4 is 0 Å². The highest BCUT2D eigenvalue weighted by atomic mass is 15.0. The molecule has 0 N–H and O–H groups in total. The van der Waals surface area contributed by atoms with E-state index in [1.807, 2.05) is 0 Å². The minimum Gasteiger partial charge on any atom is -0.484 e. The summed E-state index contributed by atoms with van der Waals surface area (Å²) in [5, 5.41) is 0. The van der Waals surface area contributed by atoms with E-state index in [4.69, 9.17) is 0 Å². The van der Waals surface area contributed by atoms with Crippen molar-refractivity contribution in [3.63, 3.8) is 0 Å². The fourth-order valence-corrected chi connectivity index (χ4v) is 0.428. The van der Waals surface area contributed by atoms with Gasteiger partial charge in [-0.15, -0.1) is 0 Å². The first-order valence-electron chi connectivity index (χ1n) is 3.05. The van der Waals surface area contributed by atoms with E-state index in [2.05, 4.69) is 18.7 Å². The van der Waals surface area contributed by atoms with Crippen molar-refractivity contribution in [2.45, 2.75) is 26.7 Å². The summed E-state index contributed by atoms with van der Waals surface area (Å²) < 4.78 is 0. The summed E-state index contributed by atoms with van der Waals surface area (Å²) in [4.78, 5) is 2.61. The molecule has 0 rings (SSSR count). The van der Waals surface area contributed by atoms with Gasteiger partial charge in [-0.05, 0) is 25.9 Å². The highest BCUT2D eigenvalue weighted by Crippen LogP contribution is 1.86. The lowest BCUT2D eigenvalue weighted by Gasteiger charge is -2.20. The van der Waals surface area contributed by atoms with Crippen molar-refractivity contribution in [2.75, 3.05) is 13.1 Å². The lowest BCUT2D eigenvalue weighted by atomic mass is 10.2. The lowest BCUT2D eigenvalue weighted by Crippen LogP contribution is -2.21. The molecule has 1 nitrogen and oxygen atoms in total. The zero-order valence-electron chi connectivity index (χ0n) is 5.28. The Hall–Kier alpha value is 0.0249. The van der Waals surface area contributed by atoms with E-state index >= 15 is 0 Å². The zero-order valence-corrected chi connectivity index (χ0v) is 5.28. The van der Waals surface area contributed by atoms with Crippen molar-refractivity contribution in [1.82, 2.24) is 4.81 Å². The molecule has 0 atom stereocenters. The fraction of sp³-hybridized carbons (Fsp3) is 1.00. The summed E-state index contributed by atoms with van der Waals surface area (Å²) in [6, 6.07) is 0. The van der Waals surface area contributed by atoms with Gasteiger partial charge in [-0.3, -0.25) is 0 Å². The summed E-state index contributed by atoms with van der Waals surface area (Å²) >= 11 is 0. The number of nitrogens with zero attached hydrogens (tertiary/aromatic N) is 1. The number of hydrogen-bond acceptors (Lipinski definition) is 1. The van der Waals surface area contributed by atoms with Crippen molar-refractivity contribution in [1.29, 1.82) is 0 Å². The normalized spacial score (nSPS) is 10.5. The van der Waals surface area contributed by atoms with Gasteiger partial charge < -0.3 is 4.81 Å². The third-order valence-corrected chi connectivity index (χ3v) is 0.763. The van der Waals surface area contributed by atoms with Crippen molar-refractivity contribution >= 4 is 7.98 Å². The first kappa shape index (κ1) is 8.02. The fourth-order valence-electron chi connectivity index (χ4n) is 0.428. The maximum absolute atomic E-state index is 2.61. The van der Waals surface area contributed by atoms with Crippen LogP contribution in [0.4, 0.5) is 0 Å². The van der Waals surface area contributed by atoms with Gasteiger partial charge in [0.15, 0.2) is 0 Å². The number of rotatable bonds is 4. The molecule has 0 amide bonds. The van der Waals surface area contributed by atoms with Crippen LogP contribution in [0.2, 0.25) is 0 Å². The van der Waals surface area contributed by atoms with Gasteiger partial charge in [0.05, 0.1) is 0 Å². The number of hydrogen-bond donors (Lipinski definition) is 0. The first-order chi connectivity index (χ1) is 3.81. The predicted octanol–water partition coefficient (Wildman–Crippen LogP) is 0.389. The van der Waals surface area contributed by atoms with Gasteiger partial charge in [0.1, 0.15) is 0 Å². The maximum atomic E-state index is 2.61. The minimum atomic E-state index is 0.496. The van der Waals surface area contributed by atoms with Crippen molar-refractivity contribution in [2.24, 2.45) is 0 Å². The topological polar surface area (TPSA) is 3.24 Å². The molecule has 50 valence electrons. The molecule has 0 aliphatic carbocycles. The third-order valence-electron chi connectivity index (χ3n) is 0.763. The van der Waals surface area contributed by atoms with E-state index in [-0.39, 0.29) is 0 Å². The molecule has 8 heavy (non-hydrogen) atoms. The summed E-state index contributed by atoms with van der Waals surface area (Å²) in [5.74, 6) is 0. The van der Waals surface area contributed by atoms with Crippen LogP contribution in [0.3, 0.4) is 0 Å². The zero-order chi connectivity index (χ0) is 6.41. The second kappa shape index (κ2) is 5.17. The van der Waals surface area contributed by atoms with E-state index in [0.717, 1.165) is 0 Å². The minimum absolute atomic E-state index is 0.496. The smallest absolute Gasteiger partial charge is 0.0145 e. The van der Waals surface area contributed by atoms with Crippen LogP contribution in [-0.2, 0) is 0 Å². The molecule has 0 spiro atoms. The largest absolute Gasteiger partial charge is 0.484 e. The molecule has 0 aromatic carbocycles. The molecule has 0 bridgehead atoms. The van der Waals surface area contributed by atoms with Gasteiger partial charge in [0.25, 0.3) is 0 Å². The van der Waals surface area contributed by atoms with Crippen LogP contribution in [0.1, 0.15) is 26.7 Å². The van der Waals surface area contributed by atoms with Crippen LogP contribution in [0.15, 0.2) is 0 Å². The Kier molecular flexibility index (Phi) is 5.18. The summed E-state index contributed by atoms with van der Waals surface area (Å²) in [6.45, 7) is 7.22. The molecule has 0 saturated heterocycles. The molecule has 0 fully saturated rings. The van der Waals surface area contributed by atoms with Crippen molar-refractivity contribution in [3.8, 4) is 0 Å². The van der Waals surface area contributed by atoms with Crippen LogP contribution in [0, 0.1) is 0 Å². The molecule has 0 aromatic heterocycles. The molecule has 0 aliphatic heterocycles. The monoisotopic (exact) mass is 114 g/mol. The Bertz CT molecular complexity index is 41.8. The van der Waals surface area contributed by atoms with Crippen LogP contribution >= 0.6 is 0 Å². The quantitative estimate of drug-likeness (QED) is 0.478. The SMILES string of the molecule is [BH3-]N(CCC)CCC. The Morgan fingerprint density at radius 3 is 1.75 bits per heavy atom. The highest BCUT2D eigenvalue weighted by Gasteiger charge is 1.84. The van der Waals surface area contributed by atoms with Crippen LogP contribution in [0.25, 0.3) is 0 Å². The Morgan fingerprint density at radius 1 is 1.12 bits per heavy atom. The predicted molar refractivity (Wildman–Crippen MR) is 42.1 cm³/mol. The molecule has 0 saturated carbocycles. The second-order valence-corrected chi connectivity index (χ2v) is 1.67. The average molecular weight is 114 g/mol.